The van der Waals surface area contributed by atoms with E-state index in [9.17, 15) is 5.11 Å². The lowest BCUT2D eigenvalue weighted by Gasteiger charge is -2.07. The lowest BCUT2D eigenvalue weighted by molar-refractivity contribution is 0.139. The Kier molecular flexibility index (Phi) is 2.46. The Labute approximate surface area is 95.7 Å². The summed E-state index contributed by atoms with van der Waals surface area (Å²) in [6.45, 7) is 0. The van der Waals surface area contributed by atoms with Crippen LogP contribution in [-0.2, 0) is 13.5 Å². The van der Waals surface area contributed by atoms with Gasteiger partial charge in [-0.2, -0.15) is 0 Å². The molecule has 88 valence electrons. The van der Waals surface area contributed by atoms with Crippen LogP contribution in [0.25, 0.3) is 0 Å². The molecule has 0 aromatic carbocycles. The lowest BCUT2D eigenvalue weighted by Crippen LogP contribution is -2.15. The molecule has 0 saturated heterocycles. The number of rotatable bonds is 3. The molecule has 0 spiro atoms. The maximum atomic E-state index is 10.2. The van der Waals surface area contributed by atoms with Gasteiger partial charge in [-0.25, -0.2) is 0 Å². The maximum Gasteiger partial charge on any atom is 0.0852 e. The lowest BCUT2D eigenvalue weighted by atomic mass is 10.0. The third-order valence-corrected chi connectivity index (χ3v) is 4.24. The third kappa shape index (κ3) is 1.75. The average Bonchev–Trinajstić information content (AvgIpc) is 2.88. The van der Waals surface area contributed by atoms with E-state index < -0.39 is 0 Å². The van der Waals surface area contributed by atoms with Gasteiger partial charge in [-0.3, -0.25) is 4.68 Å². The molecule has 1 aromatic heterocycles. The largest absolute Gasteiger partial charge is 0.392 e. The van der Waals surface area contributed by atoms with Crippen LogP contribution < -0.4 is 0 Å². The monoisotopic (exact) mass is 221 g/mol. The summed E-state index contributed by atoms with van der Waals surface area (Å²) in [4.78, 5) is 0. The van der Waals surface area contributed by atoms with E-state index in [0.29, 0.717) is 12.3 Å². The van der Waals surface area contributed by atoms with E-state index in [2.05, 4.69) is 10.3 Å². The zero-order valence-electron chi connectivity index (χ0n) is 9.71. The first-order valence-corrected chi connectivity index (χ1v) is 6.29. The number of hydrogen-bond donors (Lipinski definition) is 1. The minimum atomic E-state index is -0.204. The van der Waals surface area contributed by atoms with Crippen LogP contribution in [0.2, 0.25) is 0 Å². The number of aliphatic hydroxyl groups excluding tert-OH is 1. The van der Waals surface area contributed by atoms with E-state index in [1.807, 2.05) is 13.2 Å². The maximum absolute atomic E-state index is 10.2. The number of nitrogens with zero attached hydrogens (tertiary/aromatic N) is 3. The van der Waals surface area contributed by atoms with Crippen LogP contribution in [-0.4, -0.2) is 26.2 Å². The van der Waals surface area contributed by atoms with Crippen molar-refractivity contribution in [2.24, 2.45) is 24.8 Å². The average molecular weight is 221 g/mol. The van der Waals surface area contributed by atoms with Crippen molar-refractivity contribution in [1.29, 1.82) is 0 Å². The highest BCUT2D eigenvalue weighted by molar-refractivity contribution is 5.06. The molecular formula is C12H19N3O. The highest BCUT2D eigenvalue weighted by atomic mass is 16.3. The van der Waals surface area contributed by atoms with Gasteiger partial charge in [0, 0.05) is 19.7 Å². The van der Waals surface area contributed by atoms with Crippen molar-refractivity contribution in [2.45, 2.75) is 38.2 Å². The first-order chi connectivity index (χ1) is 7.75. The molecule has 3 atom stereocenters. The normalized spacial score (nSPS) is 34.5. The van der Waals surface area contributed by atoms with Gasteiger partial charge in [-0.05, 0) is 30.6 Å². The number of aryl methyl sites for hydroxylation is 1. The summed E-state index contributed by atoms with van der Waals surface area (Å²) in [5, 5.41) is 18.1. The summed E-state index contributed by atoms with van der Waals surface area (Å²) >= 11 is 0. The van der Waals surface area contributed by atoms with Crippen LogP contribution >= 0.6 is 0 Å². The van der Waals surface area contributed by atoms with Gasteiger partial charge in [-0.15, -0.1) is 5.10 Å². The van der Waals surface area contributed by atoms with E-state index in [1.165, 1.54) is 25.7 Å². The van der Waals surface area contributed by atoms with Crippen LogP contribution in [0.3, 0.4) is 0 Å². The van der Waals surface area contributed by atoms with Gasteiger partial charge >= 0.3 is 0 Å². The minimum Gasteiger partial charge on any atom is -0.392 e. The van der Waals surface area contributed by atoms with Crippen LogP contribution in [0, 0.1) is 17.8 Å². The molecule has 3 unspecified atom stereocenters. The highest BCUT2D eigenvalue weighted by Gasteiger charge is 2.53. The Balaban J connectivity index is 1.60. The molecular weight excluding hydrogens is 202 g/mol. The molecule has 2 aliphatic rings. The molecule has 4 nitrogen and oxygen atoms in total. The molecule has 4 heteroatoms. The van der Waals surface area contributed by atoms with Crippen molar-refractivity contribution in [3.8, 4) is 0 Å². The van der Waals surface area contributed by atoms with Crippen molar-refractivity contribution in [2.75, 3.05) is 0 Å². The molecule has 1 heterocycles. The zero-order valence-corrected chi connectivity index (χ0v) is 9.71. The van der Waals surface area contributed by atoms with Crippen molar-refractivity contribution in [3.05, 3.63) is 11.9 Å². The second-order valence-corrected chi connectivity index (χ2v) is 5.34. The van der Waals surface area contributed by atoms with Gasteiger partial charge in [-0.1, -0.05) is 18.1 Å². The highest BCUT2D eigenvalue weighted by Crippen LogP contribution is 2.57. The Bertz CT molecular complexity index is 364. The number of aromatic nitrogens is 3. The molecule has 3 rings (SSSR count). The van der Waals surface area contributed by atoms with E-state index in [-0.39, 0.29) is 6.10 Å². The van der Waals surface area contributed by atoms with Gasteiger partial charge in [0.05, 0.1) is 11.8 Å². The van der Waals surface area contributed by atoms with Crippen LogP contribution in [0.15, 0.2) is 6.20 Å². The molecule has 0 aliphatic heterocycles. The fourth-order valence-corrected chi connectivity index (χ4v) is 3.46. The number of hydrogen-bond acceptors (Lipinski definition) is 3. The van der Waals surface area contributed by atoms with Crippen molar-refractivity contribution < 1.29 is 5.11 Å². The molecule has 0 bridgehead atoms. The van der Waals surface area contributed by atoms with Crippen molar-refractivity contribution in [1.82, 2.24) is 15.0 Å². The summed E-state index contributed by atoms with van der Waals surface area (Å²) in [5.74, 6) is 2.16. The zero-order chi connectivity index (χ0) is 11.1. The van der Waals surface area contributed by atoms with E-state index >= 15 is 0 Å². The molecule has 0 amide bonds. The Morgan fingerprint density at radius 2 is 2.12 bits per heavy atom. The fraction of sp³-hybridized carbons (Fsp3) is 0.833. The fourth-order valence-electron chi connectivity index (χ4n) is 3.46. The topological polar surface area (TPSA) is 50.9 Å². The van der Waals surface area contributed by atoms with Crippen molar-refractivity contribution in [3.63, 3.8) is 0 Å². The first kappa shape index (κ1) is 10.3. The van der Waals surface area contributed by atoms with Gasteiger partial charge < -0.3 is 5.11 Å². The smallest absolute Gasteiger partial charge is 0.0852 e. The van der Waals surface area contributed by atoms with Gasteiger partial charge in [0.15, 0.2) is 0 Å². The molecule has 2 fully saturated rings. The predicted octanol–water partition coefficient (Wildman–Crippen LogP) is 1.15. The first-order valence-electron chi connectivity index (χ1n) is 6.29. The Hall–Kier alpha value is -0.900. The number of fused-ring (bicyclic) bond motifs is 1. The molecule has 1 aromatic rings. The van der Waals surface area contributed by atoms with Gasteiger partial charge in [0.25, 0.3) is 0 Å². The van der Waals surface area contributed by atoms with Gasteiger partial charge in [0.2, 0.25) is 0 Å². The summed E-state index contributed by atoms with van der Waals surface area (Å²) in [6, 6.07) is 0. The summed E-state index contributed by atoms with van der Waals surface area (Å²) in [6.07, 6.45) is 7.73. The summed E-state index contributed by atoms with van der Waals surface area (Å²) < 4.78 is 1.70. The quantitative estimate of drug-likeness (QED) is 0.833. The van der Waals surface area contributed by atoms with Crippen LogP contribution in [0.5, 0.6) is 0 Å². The van der Waals surface area contributed by atoms with E-state index in [0.717, 1.165) is 17.5 Å². The Morgan fingerprint density at radius 3 is 2.69 bits per heavy atom. The van der Waals surface area contributed by atoms with E-state index in [1.54, 1.807) is 4.68 Å². The second-order valence-electron chi connectivity index (χ2n) is 5.34. The summed E-state index contributed by atoms with van der Waals surface area (Å²) in [7, 11) is 1.86. The van der Waals surface area contributed by atoms with Crippen LogP contribution in [0.4, 0.5) is 0 Å². The van der Waals surface area contributed by atoms with Crippen molar-refractivity contribution >= 4 is 0 Å². The van der Waals surface area contributed by atoms with Crippen LogP contribution in [0.1, 0.15) is 31.4 Å². The standard InChI is InChI=1S/C12H19N3O/c1-15-7-8(13-14-15)6-11(16)12-9-4-2-3-5-10(9)12/h7,9-12,16H,2-6H2,1H3. The van der Waals surface area contributed by atoms with E-state index in [4.69, 9.17) is 0 Å². The predicted molar refractivity (Wildman–Crippen MR) is 59.7 cm³/mol. The molecule has 16 heavy (non-hydrogen) atoms. The third-order valence-electron chi connectivity index (χ3n) is 4.24. The molecule has 2 saturated carbocycles. The second kappa shape index (κ2) is 3.84. The molecule has 1 N–H and O–H groups in total. The summed E-state index contributed by atoms with van der Waals surface area (Å²) in [5.41, 5.74) is 0.915. The SMILES string of the molecule is Cn1cc(CC(O)C2C3CCCCC32)nn1. The Morgan fingerprint density at radius 1 is 1.44 bits per heavy atom. The molecule has 2 aliphatic carbocycles. The van der Waals surface area contributed by atoms with Gasteiger partial charge in [0.1, 0.15) is 0 Å². The number of aliphatic hydroxyl groups is 1. The molecule has 0 radical (unpaired) electrons. The minimum absolute atomic E-state index is 0.204.